The molecule has 0 N–H and O–H groups in total. The second-order valence-electron chi connectivity index (χ2n) is 11.6. The lowest BCUT2D eigenvalue weighted by molar-refractivity contribution is 0.487. The van der Waals surface area contributed by atoms with Gasteiger partial charge in [-0.15, -0.1) is 0 Å². The van der Waals surface area contributed by atoms with E-state index in [0.29, 0.717) is 0 Å². The van der Waals surface area contributed by atoms with Gasteiger partial charge in [0.15, 0.2) is 0 Å². The summed E-state index contributed by atoms with van der Waals surface area (Å²) >= 11 is 0. The highest BCUT2D eigenvalue weighted by Crippen LogP contribution is 2.28. The average Bonchev–Trinajstić information content (AvgIpc) is 3.10. The van der Waals surface area contributed by atoms with Crippen LogP contribution in [0.25, 0.3) is 11.1 Å². The van der Waals surface area contributed by atoms with Crippen molar-refractivity contribution in [3.63, 3.8) is 0 Å². The molecule has 0 bridgehead atoms. The molecule has 1 aliphatic heterocycles. The van der Waals surface area contributed by atoms with E-state index in [1.165, 1.54) is 69.3 Å². The summed E-state index contributed by atoms with van der Waals surface area (Å²) in [5.74, 6) is 1.83. The van der Waals surface area contributed by atoms with Crippen LogP contribution in [0.3, 0.4) is 0 Å². The van der Waals surface area contributed by atoms with Crippen LogP contribution < -0.4 is 21.1 Å². The third-order valence-electron chi connectivity index (χ3n) is 9.21. The highest BCUT2D eigenvalue weighted by molar-refractivity contribution is 6.97. The summed E-state index contributed by atoms with van der Waals surface area (Å²) in [7, 11) is 0. The van der Waals surface area contributed by atoms with Gasteiger partial charge in [-0.1, -0.05) is 157 Å². The fourth-order valence-corrected chi connectivity index (χ4v) is 7.28. The molecule has 0 unspecified atom stereocenters. The number of benzene rings is 7. The summed E-state index contributed by atoms with van der Waals surface area (Å²) in [6.45, 7) is 0.0109. The molecule has 0 saturated heterocycles. The molecule has 7 aromatic carbocycles. The van der Waals surface area contributed by atoms with Crippen LogP contribution in [0.1, 0.15) is 0 Å². The molecular weight excluding hydrogens is 531 g/mol. The maximum absolute atomic E-state index is 6.79. The van der Waals surface area contributed by atoms with Gasteiger partial charge in [0.1, 0.15) is 11.5 Å². The first-order valence-corrected chi connectivity index (χ1v) is 15.2. The third kappa shape index (κ3) is 3.81. The maximum Gasteiger partial charge on any atom is 0.251 e. The van der Waals surface area contributed by atoms with Gasteiger partial charge >= 0.3 is 0 Å². The summed E-state index contributed by atoms with van der Waals surface area (Å²) in [6, 6.07) is 59.2. The molecule has 0 aromatic heterocycles. The summed E-state index contributed by atoms with van der Waals surface area (Å²) in [6.07, 6.45) is 0. The first-order valence-electron chi connectivity index (χ1n) is 15.2. The Morgan fingerprint density at radius 1 is 0.318 bits per heavy atom. The van der Waals surface area contributed by atoms with E-state index in [2.05, 4.69) is 164 Å². The molecule has 2 aliphatic rings. The monoisotopic (exact) mass is 558 g/mol. The van der Waals surface area contributed by atoms with Crippen LogP contribution in [0, 0.1) is 41.7 Å². The van der Waals surface area contributed by atoms with Crippen molar-refractivity contribution in [2.24, 2.45) is 0 Å². The topological polar surface area (TPSA) is 9.23 Å². The largest absolute Gasteiger partial charge is 0.458 e. The molecular formula is C42H27BO. The molecule has 9 rings (SSSR count). The standard InChI is InChI=1S/C42H27BO/c1-2-14-28(15-3-1)29-16-10-11-23-38(29)43-39-24-12-13-25-41(39)44-42-27-37-35-22-9-7-20-33(35)31-18-5-4-17-30(31)32-19-6-8-21-34(32)36(37)26-40(42)43/h1-27H/b32-30-,33-31-,36-34-,37-35-. The number of para-hydroxylation sites is 1. The Bertz CT molecular complexity index is 2650. The van der Waals surface area contributed by atoms with E-state index in [1.54, 1.807) is 0 Å². The molecule has 7 aromatic rings. The first kappa shape index (κ1) is 25.0. The molecule has 44 heavy (non-hydrogen) atoms. The van der Waals surface area contributed by atoms with Gasteiger partial charge in [0.25, 0.3) is 6.71 Å². The van der Waals surface area contributed by atoms with Gasteiger partial charge in [-0.2, -0.15) is 0 Å². The molecule has 204 valence electrons. The van der Waals surface area contributed by atoms with E-state index in [4.69, 9.17) is 4.74 Å². The molecule has 2 heteroatoms. The van der Waals surface area contributed by atoms with E-state index in [0.717, 1.165) is 11.5 Å². The summed E-state index contributed by atoms with van der Waals surface area (Å²) in [5.41, 5.74) is 6.11. The Morgan fingerprint density at radius 2 is 0.773 bits per heavy atom. The molecule has 0 atom stereocenters. The Morgan fingerprint density at radius 3 is 1.39 bits per heavy atom. The molecule has 0 saturated carbocycles. The lowest BCUT2D eigenvalue weighted by atomic mass is 9.35. The van der Waals surface area contributed by atoms with Crippen molar-refractivity contribution in [1.82, 2.24) is 0 Å². The molecule has 0 amide bonds. The van der Waals surface area contributed by atoms with E-state index >= 15 is 0 Å². The minimum absolute atomic E-state index is 0.0109. The fourth-order valence-electron chi connectivity index (χ4n) is 7.28. The third-order valence-corrected chi connectivity index (χ3v) is 9.21. The number of rotatable bonds is 2. The Kier molecular flexibility index (Phi) is 5.67. The SMILES string of the molecule is c1ccc(-c2ccccc2B2c3ccccc3Oc3cc4/c(cc32)=c2/cccc/c2=c2\cccc\c2=c2/cccc/c2=4)cc1. The van der Waals surface area contributed by atoms with Gasteiger partial charge in [0.05, 0.1) is 0 Å². The number of ether oxygens (including phenoxy) is 1. The average molecular weight is 558 g/mol. The lowest BCUT2D eigenvalue weighted by Crippen LogP contribution is -2.55. The second kappa shape index (κ2) is 10.0. The van der Waals surface area contributed by atoms with Gasteiger partial charge in [0.2, 0.25) is 0 Å². The number of hydrogen-bond donors (Lipinski definition) is 0. The molecule has 1 nitrogen and oxygen atoms in total. The second-order valence-corrected chi connectivity index (χ2v) is 11.6. The predicted octanol–water partition coefficient (Wildman–Crippen LogP) is 7.44. The van der Waals surface area contributed by atoms with E-state index in [9.17, 15) is 0 Å². The van der Waals surface area contributed by atoms with Gasteiger partial charge in [0, 0.05) is 0 Å². The maximum atomic E-state index is 6.79. The number of hydrogen-bond acceptors (Lipinski definition) is 1. The molecule has 0 radical (unpaired) electrons. The van der Waals surface area contributed by atoms with Gasteiger partial charge in [-0.25, -0.2) is 0 Å². The van der Waals surface area contributed by atoms with Crippen LogP contribution >= 0.6 is 0 Å². The zero-order valence-corrected chi connectivity index (χ0v) is 24.1. The normalized spacial score (nSPS) is 15.5. The van der Waals surface area contributed by atoms with Crippen molar-refractivity contribution in [3.8, 4) is 22.6 Å². The van der Waals surface area contributed by atoms with Crippen LogP contribution in [-0.4, -0.2) is 6.71 Å². The van der Waals surface area contributed by atoms with Crippen molar-refractivity contribution in [2.45, 2.75) is 0 Å². The Labute approximate surface area is 255 Å². The minimum Gasteiger partial charge on any atom is -0.458 e. The van der Waals surface area contributed by atoms with Crippen molar-refractivity contribution in [3.05, 3.63) is 206 Å². The van der Waals surface area contributed by atoms with E-state index in [-0.39, 0.29) is 6.71 Å². The Hall–Kier alpha value is -5.60. The summed E-state index contributed by atoms with van der Waals surface area (Å²) in [4.78, 5) is 0. The van der Waals surface area contributed by atoms with Crippen LogP contribution in [-0.2, 0) is 0 Å². The minimum atomic E-state index is 0.0109. The van der Waals surface area contributed by atoms with Crippen LogP contribution in [0.15, 0.2) is 164 Å². The first-order chi connectivity index (χ1) is 21.8. The highest BCUT2D eigenvalue weighted by Gasteiger charge is 2.34. The quantitative estimate of drug-likeness (QED) is 0.201. The smallest absolute Gasteiger partial charge is 0.251 e. The zero-order valence-electron chi connectivity index (χ0n) is 24.1. The van der Waals surface area contributed by atoms with Gasteiger partial charge < -0.3 is 4.74 Å². The van der Waals surface area contributed by atoms with Crippen molar-refractivity contribution >= 4 is 23.1 Å². The van der Waals surface area contributed by atoms with E-state index in [1.807, 2.05) is 0 Å². The number of fused-ring (bicyclic) bond motifs is 6. The van der Waals surface area contributed by atoms with Crippen LogP contribution in [0.5, 0.6) is 11.5 Å². The van der Waals surface area contributed by atoms with Crippen molar-refractivity contribution in [1.29, 1.82) is 0 Å². The van der Waals surface area contributed by atoms with Crippen molar-refractivity contribution < 1.29 is 4.74 Å². The molecule has 1 aliphatic carbocycles. The lowest BCUT2D eigenvalue weighted by Gasteiger charge is -2.28. The zero-order chi connectivity index (χ0) is 29.0. The van der Waals surface area contributed by atoms with Crippen LogP contribution in [0.4, 0.5) is 0 Å². The fraction of sp³-hybridized carbons (Fsp3) is 0. The molecule has 0 spiro atoms. The van der Waals surface area contributed by atoms with Crippen LogP contribution in [0.2, 0.25) is 0 Å². The summed E-state index contributed by atoms with van der Waals surface area (Å²) < 4.78 is 6.79. The van der Waals surface area contributed by atoms with Gasteiger partial charge in [-0.3, -0.25) is 0 Å². The predicted molar refractivity (Wildman–Crippen MR) is 180 cm³/mol. The molecule has 1 heterocycles. The van der Waals surface area contributed by atoms with E-state index < -0.39 is 0 Å². The van der Waals surface area contributed by atoms with Gasteiger partial charge in [-0.05, 0) is 75.9 Å². The molecule has 0 fully saturated rings. The Balaban J connectivity index is 1.50. The summed E-state index contributed by atoms with van der Waals surface area (Å²) in [5, 5.41) is 9.86. The highest BCUT2D eigenvalue weighted by atomic mass is 16.5. The van der Waals surface area contributed by atoms with Crippen molar-refractivity contribution in [2.75, 3.05) is 0 Å².